The smallest absolute Gasteiger partial charge is 0.309 e. The van der Waals surface area contributed by atoms with E-state index in [1.807, 2.05) is 18.2 Å². The van der Waals surface area contributed by atoms with E-state index < -0.39 is 0 Å². The Kier molecular flexibility index (Phi) is 5.36. The molecule has 1 aromatic rings. The number of nitrogens with one attached hydrogen (secondary N) is 1. The molecule has 0 atom stereocenters. The summed E-state index contributed by atoms with van der Waals surface area (Å²) >= 11 is 0. The van der Waals surface area contributed by atoms with Crippen LogP contribution in [0.15, 0.2) is 24.3 Å². The van der Waals surface area contributed by atoms with Gasteiger partial charge in [-0.15, -0.1) is 0 Å². The van der Waals surface area contributed by atoms with Crippen LogP contribution >= 0.6 is 0 Å². The molecular formula is C15H21NO3. The van der Waals surface area contributed by atoms with Crippen molar-refractivity contribution in [3.05, 3.63) is 35.4 Å². The van der Waals surface area contributed by atoms with Crippen LogP contribution in [-0.2, 0) is 27.2 Å². The van der Waals surface area contributed by atoms with E-state index in [1.54, 1.807) is 0 Å². The molecule has 1 aliphatic rings. The predicted octanol–water partition coefficient (Wildman–Crippen LogP) is 1.67. The van der Waals surface area contributed by atoms with Gasteiger partial charge in [0, 0.05) is 25.8 Å². The van der Waals surface area contributed by atoms with E-state index in [-0.39, 0.29) is 5.97 Å². The van der Waals surface area contributed by atoms with Gasteiger partial charge in [0.25, 0.3) is 0 Å². The first-order valence-electron chi connectivity index (χ1n) is 6.74. The van der Waals surface area contributed by atoms with Gasteiger partial charge < -0.3 is 14.8 Å². The van der Waals surface area contributed by atoms with Crippen molar-refractivity contribution in [2.45, 2.75) is 31.8 Å². The predicted molar refractivity (Wildman–Crippen MR) is 72.8 cm³/mol. The van der Waals surface area contributed by atoms with Crippen molar-refractivity contribution in [1.29, 1.82) is 0 Å². The first kappa shape index (κ1) is 14.0. The fourth-order valence-electron chi connectivity index (χ4n) is 2.29. The quantitative estimate of drug-likeness (QED) is 0.821. The van der Waals surface area contributed by atoms with Crippen LogP contribution in [0.2, 0.25) is 0 Å². The summed E-state index contributed by atoms with van der Waals surface area (Å²) in [6.45, 7) is 2.46. The fraction of sp³-hybridized carbons (Fsp3) is 0.533. The van der Waals surface area contributed by atoms with E-state index >= 15 is 0 Å². The fourth-order valence-corrected chi connectivity index (χ4v) is 2.29. The van der Waals surface area contributed by atoms with Gasteiger partial charge >= 0.3 is 5.97 Å². The molecule has 104 valence electrons. The van der Waals surface area contributed by atoms with E-state index in [4.69, 9.17) is 9.47 Å². The molecule has 0 unspecified atom stereocenters. The average molecular weight is 263 g/mol. The van der Waals surface area contributed by atoms with Crippen molar-refractivity contribution in [3.63, 3.8) is 0 Å². The number of carbonyl (C=O) groups excluding carboxylic acids is 1. The molecule has 0 bridgehead atoms. The molecular weight excluding hydrogens is 242 g/mol. The molecule has 4 heteroatoms. The monoisotopic (exact) mass is 263 g/mol. The second-order valence-corrected chi connectivity index (χ2v) is 4.79. The summed E-state index contributed by atoms with van der Waals surface area (Å²) in [6.07, 6.45) is 2.44. The van der Waals surface area contributed by atoms with Gasteiger partial charge in [-0.3, -0.25) is 4.79 Å². The first-order valence-corrected chi connectivity index (χ1v) is 6.74. The van der Waals surface area contributed by atoms with Crippen molar-refractivity contribution in [1.82, 2.24) is 5.32 Å². The second-order valence-electron chi connectivity index (χ2n) is 4.79. The topological polar surface area (TPSA) is 47.6 Å². The third-order valence-corrected chi connectivity index (χ3v) is 3.48. The Bertz CT molecular complexity index is 414. The summed E-state index contributed by atoms with van der Waals surface area (Å²) in [6, 6.07) is 8.51. The van der Waals surface area contributed by atoms with Crippen LogP contribution in [0.1, 0.15) is 24.0 Å². The van der Waals surface area contributed by atoms with E-state index in [0.29, 0.717) is 12.5 Å². The molecule has 0 radical (unpaired) electrons. The van der Waals surface area contributed by atoms with E-state index in [2.05, 4.69) is 11.4 Å². The third kappa shape index (κ3) is 4.33. The van der Waals surface area contributed by atoms with E-state index in [9.17, 15) is 4.79 Å². The van der Waals surface area contributed by atoms with Crippen LogP contribution in [0.3, 0.4) is 0 Å². The highest BCUT2D eigenvalue weighted by molar-refractivity contribution is 5.72. The molecule has 4 nitrogen and oxygen atoms in total. The number of hydrogen-bond acceptors (Lipinski definition) is 4. The molecule has 19 heavy (non-hydrogen) atoms. The van der Waals surface area contributed by atoms with Gasteiger partial charge in [-0.25, -0.2) is 0 Å². The lowest BCUT2D eigenvalue weighted by atomic mass is 10.0. The van der Waals surface area contributed by atoms with Crippen LogP contribution in [0.5, 0.6) is 0 Å². The Morgan fingerprint density at radius 2 is 2.00 bits per heavy atom. The lowest BCUT2D eigenvalue weighted by Crippen LogP contribution is -2.34. The standard InChI is InChI=1S/C15H21NO3/c1-18-15(17)10-12-4-2-3-5-13(12)11-16-14-6-8-19-9-7-14/h2-5,14,16H,6-11H2,1H3. The maximum absolute atomic E-state index is 11.4. The molecule has 0 saturated carbocycles. The van der Waals surface area contributed by atoms with Crippen LogP contribution in [0, 0.1) is 0 Å². The first-order chi connectivity index (χ1) is 9.29. The maximum Gasteiger partial charge on any atom is 0.309 e. The van der Waals surface area contributed by atoms with Gasteiger partial charge in [-0.05, 0) is 24.0 Å². The van der Waals surface area contributed by atoms with Gasteiger partial charge in [-0.1, -0.05) is 24.3 Å². The van der Waals surface area contributed by atoms with Crippen molar-refractivity contribution in [2.24, 2.45) is 0 Å². The Labute approximate surface area is 114 Å². The second kappa shape index (κ2) is 7.26. The minimum Gasteiger partial charge on any atom is -0.469 e. The zero-order valence-corrected chi connectivity index (χ0v) is 11.4. The summed E-state index contributed by atoms with van der Waals surface area (Å²) in [4.78, 5) is 11.4. The average Bonchev–Trinajstić information content (AvgIpc) is 2.47. The van der Waals surface area contributed by atoms with Crippen LogP contribution < -0.4 is 5.32 Å². The largest absolute Gasteiger partial charge is 0.469 e. The van der Waals surface area contributed by atoms with E-state index in [0.717, 1.165) is 38.2 Å². The van der Waals surface area contributed by atoms with Crippen LogP contribution in [-0.4, -0.2) is 32.3 Å². The number of hydrogen-bond donors (Lipinski definition) is 1. The highest BCUT2D eigenvalue weighted by Gasteiger charge is 2.14. The SMILES string of the molecule is COC(=O)Cc1ccccc1CNC1CCOCC1. The summed E-state index contributed by atoms with van der Waals surface area (Å²) < 4.78 is 10.1. The van der Waals surface area contributed by atoms with Crippen molar-refractivity contribution in [2.75, 3.05) is 20.3 Å². The van der Waals surface area contributed by atoms with Crippen LogP contribution in [0.25, 0.3) is 0 Å². The van der Waals surface area contributed by atoms with E-state index in [1.165, 1.54) is 12.7 Å². The lowest BCUT2D eigenvalue weighted by molar-refractivity contribution is -0.139. The zero-order chi connectivity index (χ0) is 13.5. The number of methoxy groups -OCH3 is 1. The number of ether oxygens (including phenoxy) is 2. The highest BCUT2D eigenvalue weighted by atomic mass is 16.5. The third-order valence-electron chi connectivity index (χ3n) is 3.48. The highest BCUT2D eigenvalue weighted by Crippen LogP contribution is 2.12. The van der Waals surface area contributed by atoms with Crippen molar-refractivity contribution >= 4 is 5.97 Å². The molecule has 1 heterocycles. The molecule has 1 fully saturated rings. The summed E-state index contributed by atoms with van der Waals surface area (Å²) in [5.74, 6) is -0.196. The van der Waals surface area contributed by atoms with Crippen molar-refractivity contribution < 1.29 is 14.3 Å². The number of carbonyl (C=O) groups is 1. The van der Waals surface area contributed by atoms with Crippen molar-refractivity contribution in [3.8, 4) is 0 Å². The normalized spacial score (nSPS) is 16.3. The number of rotatable bonds is 5. The zero-order valence-electron chi connectivity index (χ0n) is 11.4. The van der Waals surface area contributed by atoms with Gasteiger partial charge in [0.15, 0.2) is 0 Å². The molecule has 1 N–H and O–H groups in total. The Morgan fingerprint density at radius 1 is 1.32 bits per heavy atom. The molecule has 1 aliphatic heterocycles. The summed E-state index contributed by atoms with van der Waals surface area (Å²) in [7, 11) is 1.42. The molecule has 1 aromatic carbocycles. The Hall–Kier alpha value is -1.39. The lowest BCUT2D eigenvalue weighted by Gasteiger charge is -2.23. The molecule has 0 spiro atoms. The minimum absolute atomic E-state index is 0.196. The molecule has 0 aromatic heterocycles. The van der Waals surface area contributed by atoms with Gasteiger partial charge in [-0.2, -0.15) is 0 Å². The molecule has 0 amide bonds. The van der Waals surface area contributed by atoms with Gasteiger partial charge in [0.05, 0.1) is 13.5 Å². The molecule has 2 rings (SSSR count). The Morgan fingerprint density at radius 3 is 2.68 bits per heavy atom. The Balaban J connectivity index is 1.93. The molecule has 0 aliphatic carbocycles. The van der Waals surface area contributed by atoms with Crippen LogP contribution in [0.4, 0.5) is 0 Å². The minimum atomic E-state index is -0.196. The van der Waals surface area contributed by atoms with Gasteiger partial charge in [0.1, 0.15) is 0 Å². The van der Waals surface area contributed by atoms with Gasteiger partial charge in [0.2, 0.25) is 0 Å². The molecule has 1 saturated heterocycles. The maximum atomic E-state index is 11.4. The summed E-state index contributed by atoms with van der Waals surface area (Å²) in [5.41, 5.74) is 2.20. The number of esters is 1. The summed E-state index contributed by atoms with van der Waals surface area (Å²) in [5, 5.41) is 3.54. The number of benzene rings is 1.